The van der Waals surface area contributed by atoms with Gasteiger partial charge in [-0.15, -0.1) is 13.2 Å². The van der Waals surface area contributed by atoms with Gasteiger partial charge in [-0.1, -0.05) is 11.6 Å². The van der Waals surface area contributed by atoms with Crippen LogP contribution in [0, 0.1) is 11.3 Å². The van der Waals surface area contributed by atoms with Gasteiger partial charge in [-0.25, -0.2) is 8.42 Å². The average Bonchev–Trinajstić information content (AvgIpc) is 2.17. The largest absolute Gasteiger partial charge is 0.573 e. The van der Waals surface area contributed by atoms with Gasteiger partial charge in [0.15, 0.2) is 5.75 Å². The molecule has 0 aliphatic rings. The van der Waals surface area contributed by atoms with Crippen LogP contribution in [0.1, 0.15) is 5.56 Å². The van der Waals surface area contributed by atoms with Crippen molar-refractivity contribution in [3.63, 3.8) is 0 Å². The highest BCUT2D eigenvalue weighted by molar-refractivity contribution is 8.13. The highest BCUT2D eigenvalue weighted by atomic mass is 35.7. The van der Waals surface area contributed by atoms with Gasteiger partial charge >= 0.3 is 6.36 Å². The lowest BCUT2D eigenvalue weighted by Gasteiger charge is -2.13. The summed E-state index contributed by atoms with van der Waals surface area (Å²) in [7, 11) is 0.333. The molecule has 0 N–H and O–H groups in total. The molecule has 98 valence electrons. The number of hydrogen-bond acceptors (Lipinski definition) is 4. The molecule has 1 aromatic rings. The van der Waals surface area contributed by atoms with Gasteiger partial charge in [0.2, 0.25) is 0 Å². The lowest BCUT2D eigenvalue weighted by molar-refractivity contribution is -0.275. The van der Waals surface area contributed by atoms with Crippen LogP contribution in [0.25, 0.3) is 0 Å². The summed E-state index contributed by atoms with van der Waals surface area (Å²) in [6.07, 6.45) is -5.17. The molecule has 10 heteroatoms. The van der Waals surface area contributed by atoms with Gasteiger partial charge in [0, 0.05) is 10.7 Å². The lowest BCUT2D eigenvalue weighted by atomic mass is 10.2. The van der Waals surface area contributed by atoms with Gasteiger partial charge in [0.05, 0.1) is 10.6 Å². The van der Waals surface area contributed by atoms with E-state index in [-0.39, 0.29) is 0 Å². The molecule has 0 spiro atoms. The number of alkyl halides is 3. The van der Waals surface area contributed by atoms with Crippen molar-refractivity contribution in [2.24, 2.45) is 0 Å². The molecule has 0 atom stereocenters. The van der Waals surface area contributed by atoms with Crippen molar-refractivity contribution < 1.29 is 26.3 Å². The van der Waals surface area contributed by atoms with E-state index < -0.39 is 36.6 Å². The van der Waals surface area contributed by atoms with Crippen LogP contribution in [0.2, 0.25) is 5.02 Å². The molecule has 4 nitrogen and oxygen atoms in total. The molecule has 0 aliphatic carbocycles. The SMILES string of the molecule is N#Cc1ccc(Cl)c(OC(F)(F)F)c1S(=O)(=O)Cl. The van der Waals surface area contributed by atoms with E-state index in [1.54, 1.807) is 0 Å². The molecule has 0 radical (unpaired) electrons. The summed E-state index contributed by atoms with van der Waals surface area (Å²) in [5.74, 6) is -1.22. The van der Waals surface area contributed by atoms with Gasteiger partial charge in [0.1, 0.15) is 11.0 Å². The number of nitriles is 1. The minimum absolute atomic E-state index is 0.603. The fourth-order valence-electron chi connectivity index (χ4n) is 1.08. The van der Waals surface area contributed by atoms with Gasteiger partial charge < -0.3 is 4.74 Å². The average molecular weight is 320 g/mol. The van der Waals surface area contributed by atoms with Crippen molar-refractivity contribution in [3.05, 3.63) is 22.7 Å². The third kappa shape index (κ3) is 3.41. The first-order valence-electron chi connectivity index (χ1n) is 3.99. The zero-order chi connectivity index (χ0) is 14.1. The van der Waals surface area contributed by atoms with Crippen LogP contribution in [0.3, 0.4) is 0 Å². The van der Waals surface area contributed by atoms with Crippen LogP contribution < -0.4 is 4.74 Å². The summed E-state index contributed by atoms with van der Waals surface area (Å²) in [4.78, 5) is -1.11. The number of rotatable bonds is 2. The molecule has 0 saturated carbocycles. The molecular weight excluding hydrogens is 318 g/mol. The third-order valence-electron chi connectivity index (χ3n) is 1.65. The molecule has 18 heavy (non-hydrogen) atoms. The molecule has 0 fully saturated rings. The molecule has 0 heterocycles. The summed E-state index contributed by atoms with van der Waals surface area (Å²) >= 11 is 5.41. The van der Waals surface area contributed by atoms with Gasteiger partial charge in [-0.05, 0) is 12.1 Å². The molecule has 0 amide bonds. The Morgan fingerprint density at radius 3 is 2.28 bits per heavy atom. The second-order valence-electron chi connectivity index (χ2n) is 2.85. The molecule has 1 rings (SSSR count). The molecular formula is C8H2Cl2F3NO3S. The number of hydrogen-bond donors (Lipinski definition) is 0. The number of benzene rings is 1. The van der Waals surface area contributed by atoms with E-state index >= 15 is 0 Å². The van der Waals surface area contributed by atoms with E-state index in [2.05, 4.69) is 4.74 Å². The third-order valence-corrected chi connectivity index (χ3v) is 3.30. The zero-order valence-electron chi connectivity index (χ0n) is 8.12. The molecule has 0 saturated heterocycles. The van der Waals surface area contributed by atoms with Gasteiger partial charge in [0.25, 0.3) is 9.05 Å². The second-order valence-corrected chi connectivity index (χ2v) is 5.76. The van der Waals surface area contributed by atoms with Crippen LogP contribution in [-0.2, 0) is 9.05 Å². The molecule has 0 aliphatic heterocycles. The maximum absolute atomic E-state index is 12.1. The summed E-state index contributed by atoms with van der Waals surface area (Å²) in [5.41, 5.74) is -0.603. The van der Waals surface area contributed by atoms with E-state index in [0.29, 0.717) is 0 Å². The Morgan fingerprint density at radius 1 is 1.33 bits per heavy atom. The first-order chi connectivity index (χ1) is 8.06. The van der Waals surface area contributed by atoms with E-state index in [0.717, 1.165) is 12.1 Å². The summed E-state index contributed by atoms with van der Waals surface area (Å²) in [6.45, 7) is 0. The molecule has 0 unspecified atom stereocenters. The van der Waals surface area contributed by atoms with E-state index in [1.165, 1.54) is 6.07 Å². The van der Waals surface area contributed by atoms with Crippen molar-refractivity contribution >= 4 is 31.3 Å². The van der Waals surface area contributed by atoms with Gasteiger partial charge in [-0.3, -0.25) is 0 Å². The van der Waals surface area contributed by atoms with Gasteiger partial charge in [-0.2, -0.15) is 5.26 Å². The quantitative estimate of drug-likeness (QED) is 0.786. The van der Waals surface area contributed by atoms with Crippen LogP contribution in [0.4, 0.5) is 13.2 Å². The monoisotopic (exact) mass is 319 g/mol. The first kappa shape index (κ1) is 14.9. The van der Waals surface area contributed by atoms with Crippen molar-refractivity contribution in [1.82, 2.24) is 0 Å². The van der Waals surface area contributed by atoms with Crippen LogP contribution in [-0.4, -0.2) is 14.8 Å². The zero-order valence-corrected chi connectivity index (χ0v) is 10.5. The van der Waals surface area contributed by atoms with Crippen molar-refractivity contribution in [2.45, 2.75) is 11.3 Å². The Morgan fingerprint density at radius 2 is 1.89 bits per heavy atom. The van der Waals surface area contributed by atoms with Crippen LogP contribution >= 0.6 is 22.3 Å². The minimum atomic E-state index is -5.17. The smallest absolute Gasteiger partial charge is 0.403 e. The molecule has 0 bridgehead atoms. The van der Waals surface area contributed by atoms with Crippen LogP contribution in [0.5, 0.6) is 5.75 Å². The first-order valence-corrected chi connectivity index (χ1v) is 6.68. The predicted molar refractivity (Wildman–Crippen MR) is 55.9 cm³/mol. The number of halogens is 5. The summed E-state index contributed by atoms with van der Waals surface area (Å²) in [5, 5.41) is 8.01. The predicted octanol–water partition coefficient (Wildman–Crippen LogP) is 3.04. The van der Waals surface area contributed by atoms with E-state index in [9.17, 15) is 21.6 Å². The second kappa shape index (κ2) is 4.84. The Kier molecular flexibility index (Phi) is 4.00. The van der Waals surface area contributed by atoms with Crippen LogP contribution in [0.15, 0.2) is 17.0 Å². The minimum Gasteiger partial charge on any atom is -0.403 e. The fourth-order valence-corrected chi connectivity index (χ4v) is 2.54. The standard InChI is InChI=1S/C8H2Cl2F3NO3S/c9-5-2-1-4(3-14)7(18(10,15)16)6(5)17-8(11,12)13/h1-2H. The lowest BCUT2D eigenvalue weighted by Crippen LogP contribution is -2.19. The molecule has 0 aromatic heterocycles. The van der Waals surface area contributed by atoms with E-state index in [1.807, 2.05) is 0 Å². The molecule has 1 aromatic carbocycles. The Hall–Kier alpha value is -1.17. The van der Waals surface area contributed by atoms with E-state index in [4.69, 9.17) is 27.5 Å². The van der Waals surface area contributed by atoms with Crippen molar-refractivity contribution in [1.29, 1.82) is 5.26 Å². The maximum atomic E-state index is 12.1. The fraction of sp³-hybridized carbons (Fsp3) is 0.125. The highest BCUT2D eigenvalue weighted by Crippen LogP contribution is 2.39. The Labute approximate surface area is 109 Å². The summed E-state index contributed by atoms with van der Waals surface area (Å²) in [6, 6.07) is 3.20. The highest BCUT2D eigenvalue weighted by Gasteiger charge is 2.36. The summed E-state index contributed by atoms with van der Waals surface area (Å²) < 4.78 is 62.2. The topological polar surface area (TPSA) is 67.2 Å². The van der Waals surface area contributed by atoms with Crippen molar-refractivity contribution in [3.8, 4) is 11.8 Å². The Balaban J connectivity index is 3.64. The Bertz CT molecular complexity index is 622. The normalized spacial score (nSPS) is 12.0. The number of nitrogens with zero attached hydrogens (tertiary/aromatic N) is 1. The number of ether oxygens (including phenoxy) is 1. The van der Waals surface area contributed by atoms with Crippen molar-refractivity contribution in [2.75, 3.05) is 0 Å². The maximum Gasteiger partial charge on any atom is 0.573 e.